The van der Waals surface area contributed by atoms with Crippen LogP contribution in [0.3, 0.4) is 0 Å². The number of likely N-dealkylation sites (N-methyl/N-ethyl adjacent to an activating group) is 2. The van der Waals surface area contributed by atoms with E-state index in [0.717, 1.165) is 96.9 Å². The van der Waals surface area contributed by atoms with Crippen molar-refractivity contribution in [2.75, 3.05) is 143 Å². The molecule has 1 aromatic rings. The Morgan fingerprint density at radius 1 is 0.450 bits per heavy atom. The van der Waals surface area contributed by atoms with Gasteiger partial charge in [0.05, 0.1) is 6.61 Å². The van der Waals surface area contributed by atoms with Crippen molar-refractivity contribution in [2.24, 2.45) is 47.3 Å². The minimum absolute atomic E-state index is 0.0574. The number of anilines is 1. The van der Waals surface area contributed by atoms with Crippen molar-refractivity contribution in [3.8, 4) is 0 Å². The monoisotopic (exact) mass is 1540 g/mol. The second-order valence-corrected chi connectivity index (χ2v) is 34.4. The maximum atomic E-state index is 11.7. The fourth-order valence-electron chi connectivity index (χ4n) is 14.3. The van der Waals surface area contributed by atoms with Crippen LogP contribution >= 0.6 is 0 Å². The van der Waals surface area contributed by atoms with Crippen molar-refractivity contribution in [3.63, 3.8) is 0 Å². The molecule has 6 saturated heterocycles. The Morgan fingerprint density at radius 2 is 0.908 bits per heavy atom. The van der Waals surface area contributed by atoms with Crippen LogP contribution in [0.5, 0.6) is 0 Å². The van der Waals surface area contributed by atoms with E-state index in [-0.39, 0.29) is 82.8 Å². The number of carbonyl (C=O) groups excluding carboxylic acids is 7. The number of amides is 7. The van der Waals surface area contributed by atoms with Gasteiger partial charge in [-0.3, -0.25) is 48.3 Å². The molecule has 6 heterocycles. The number of hydrogen-bond acceptors (Lipinski definition) is 15. The Morgan fingerprint density at radius 3 is 1.42 bits per heavy atom. The zero-order valence-electron chi connectivity index (χ0n) is 73.1. The van der Waals surface area contributed by atoms with E-state index >= 15 is 0 Å². The number of para-hydroxylation sites is 1. The molecule has 0 bridgehead atoms. The van der Waals surface area contributed by atoms with Crippen LogP contribution in [-0.2, 0) is 38.3 Å². The number of nitrogens with one attached hydrogen (secondary N) is 8. The predicted octanol–water partition coefficient (Wildman–Crippen LogP) is 11.4. The van der Waals surface area contributed by atoms with E-state index in [0.29, 0.717) is 49.3 Å². The number of piperidine rings is 4. The third kappa shape index (κ3) is 45.5. The topological polar surface area (TPSA) is 244 Å². The first-order chi connectivity index (χ1) is 51.8. The number of nitrogens with zero attached hydrogens (tertiary/aromatic N) is 6. The van der Waals surface area contributed by atoms with Gasteiger partial charge in [-0.05, 0) is 175 Å². The molecule has 7 aliphatic rings. The maximum absolute atomic E-state index is 11.7. The summed E-state index contributed by atoms with van der Waals surface area (Å²) in [5, 5.41) is 24.2. The number of carbonyl (C=O) groups is 7. The molecule has 22 nitrogen and oxygen atoms in total. The van der Waals surface area contributed by atoms with Crippen LogP contribution in [0, 0.1) is 47.3 Å². The highest BCUT2D eigenvalue weighted by atomic mass is 16.5. The van der Waals surface area contributed by atoms with Gasteiger partial charge in [-0.2, -0.15) is 0 Å². The van der Waals surface area contributed by atoms with Crippen molar-refractivity contribution in [1.29, 1.82) is 0 Å². The molecule has 0 spiro atoms. The summed E-state index contributed by atoms with van der Waals surface area (Å²) in [6, 6.07) is 14.4. The number of hydrogen-bond donors (Lipinski definition) is 8. The first-order valence-corrected chi connectivity index (χ1v) is 43.5. The number of likely N-dealkylation sites (tertiary alicyclic amines) is 5. The van der Waals surface area contributed by atoms with Crippen molar-refractivity contribution in [3.05, 3.63) is 30.3 Å². The Labute approximate surface area is 665 Å². The van der Waals surface area contributed by atoms with Gasteiger partial charge in [-0.1, -0.05) is 161 Å². The van der Waals surface area contributed by atoms with Crippen LogP contribution in [0.1, 0.15) is 253 Å². The zero-order chi connectivity index (χ0) is 81.2. The smallest absolute Gasteiger partial charge is 0.222 e. The number of benzene rings is 1. The fraction of sp³-hybridized carbons (Fsp3) is 0.851. The van der Waals surface area contributed by atoms with Crippen molar-refractivity contribution >= 4 is 47.0 Å². The molecule has 22 heteroatoms. The summed E-state index contributed by atoms with van der Waals surface area (Å²) in [5.74, 6) is 2.62. The predicted molar refractivity (Wildman–Crippen MR) is 453 cm³/mol. The van der Waals surface area contributed by atoms with Gasteiger partial charge in [0.1, 0.15) is 0 Å². The summed E-state index contributed by atoms with van der Waals surface area (Å²) in [4.78, 5) is 94.3. The van der Waals surface area contributed by atoms with Crippen LogP contribution in [0.25, 0.3) is 0 Å². The lowest BCUT2D eigenvalue weighted by molar-refractivity contribution is -0.125. The molecule has 6 atom stereocenters. The van der Waals surface area contributed by atoms with Gasteiger partial charge in [0.25, 0.3) is 0 Å². The van der Waals surface area contributed by atoms with Gasteiger partial charge in [0.2, 0.25) is 41.4 Å². The molecule has 6 unspecified atom stereocenters. The van der Waals surface area contributed by atoms with Crippen LogP contribution in [-0.4, -0.2) is 247 Å². The van der Waals surface area contributed by atoms with Crippen LogP contribution in [0.2, 0.25) is 0 Å². The van der Waals surface area contributed by atoms with Gasteiger partial charge in [-0.25, -0.2) is 0 Å². The largest absolute Gasteiger partial charge is 0.380 e. The standard InChI is InChI=1S/C16H30N2O.C14H28N2O.C13H20N2O.C12H24N2O.2C11H22N2O.C10H20N2O2/c1-13(2)16(19)17-12-15-10-6-7-11-18(15)14-8-4-3-5-9-14;1-11(2)14(17)15-9-6-10-16-12(3)7-5-8-13(16)4;1-11(2)13(16)14-9-10-15(3)12-7-5-4-6-8-12;1-10(2)12(15)13-6-9-14-7-4-11(3)5-8-14;1-9(2)11(14)12-8-10-6-4-5-7-13(10)3;1-9(2)11(14)12-8-10(3)13-6-4-5-7-13;1-8(2)10(13)12-5-4-11-9-3-6-14-7-9/h13-15H,3-12H2,1-2H3,(H,17,19);11-13H,5-10H2,1-4H3,(H,15,17);4-8,11H,9-10H2,1-3H3,(H,14,16);10-11H,4-9H2,1-3H3,(H,13,15);2*9-10H,4-8H2,1-3H3,(H,12,14);8-9,11H,3-7H2,1-2H3,(H,12,13). The Bertz CT molecular complexity index is 2540. The summed E-state index contributed by atoms with van der Waals surface area (Å²) in [5.41, 5.74) is 1.17. The highest BCUT2D eigenvalue weighted by Gasteiger charge is 2.31. The summed E-state index contributed by atoms with van der Waals surface area (Å²) >= 11 is 0. The molecule has 1 saturated carbocycles. The molecule has 7 fully saturated rings. The van der Waals surface area contributed by atoms with Gasteiger partial charge in [0, 0.05) is 175 Å². The SMILES string of the molecule is CC(C)C(=O)NCC(C)N1CCCC1.CC(C)C(=O)NCC1CCCCN1C.CC(C)C(=O)NCC1CCCCN1C1CCCCC1.CC(C)C(=O)NCCCN1C(C)CCCC1C.CC(C)C(=O)NCCN(C)c1ccccc1.CC(C)C(=O)NCCNC1CCOC1.CC1CCN(CCNC(=O)C(C)C)CC1. The lowest BCUT2D eigenvalue weighted by Crippen LogP contribution is -2.52. The van der Waals surface area contributed by atoms with E-state index in [4.69, 9.17) is 4.74 Å². The molecule has 8 N–H and O–H groups in total. The fourth-order valence-corrected chi connectivity index (χ4v) is 14.3. The Hall–Kier alpha value is -4.97. The van der Waals surface area contributed by atoms with Crippen molar-refractivity contribution < 1.29 is 38.3 Å². The quantitative estimate of drug-likeness (QED) is 0.0334. The summed E-state index contributed by atoms with van der Waals surface area (Å²) in [6.45, 7) is 54.2. The molecule has 6 aliphatic heterocycles. The third-order valence-corrected chi connectivity index (χ3v) is 22.3. The second kappa shape index (κ2) is 58.8. The van der Waals surface area contributed by atoms with Gasteiger partial charge >= 0.3 is 0 Å². The average Bonchev–Trinajstić information content (AvgIpc) is 1.50. The van der Waals surface area contributed by atoms with E-state index < -0.39 is 0 Å². The molecule has 1 aliphatic carbocycles. The first-order valence-electron chi connectivity index (χ1n) is 43.5. The minimum atomic E-state index is 0.0574. The summed E-state index contributed by atoms with van der Waals surface area (Å²) in [6.07, 6.45) is 26.1. The number of ether oxygens (including phenoxy) is 1. The lowest BCUT2D eigenvalue weighted by atomic mass is 9.90. The van der Waals surface area contributed by atoms with Gasteiger partial charge < -0.3 is 62.0 Å². The maximum Gasteiger partial charge on any atom is 0.222 e. The molecule has 7 amide bonds. The summed E-state index contributed by atoms with van der Waals surface area (Å²) in [7, 11) is 4.17. The van der Waals surface area contributed by atoms with E-state index in [1.54, 1.807) is 0 Å². The molecule has 632 valence electrons. The molecule has 109 heavy (non-hydrogen) atoms. The van der Waals surface area contributed by atoms with E-state index in [1.165, 1.54) is 161 Å². The highest BCUT2D eigenvalue weighted by Crippen LogP contribution is 2.29. The Balaban J connectivity index is 0.000000433. The van der Waals surface area contributed by atoms with E-state index in [9.17, 15) is 33.6 Å². The molecule has 8 rings (SSSR count). The lowest BCUT2D eigenvalue weighted by Gasteiger charge is -2.43. The molecular weight excluding hydrogens is 1370 g/mol. The van der Waals surface area contributed by atoms with Crippen LogP contribution < -0.4 is 47.4 Å². The average molecular weight is 1540 g/mol. The van der Waals surface area contributed by atoms with E-state index in [2.05, 4.69) is 119 Å². The minimum Gasteiger partial charge on any atom is -0.380 e. The summed E-state index contributed by atoms with van der Waals surface area (Å²) < 4.78 is 5.22. The first kappa shape index (κ1) is 100. The number of rotatable bonds is 30. The molecule has 0 aromatic heterocycles. The van der Waals surface area contributed by atoms with E-state index in [1.807, 2.05) is 122 Å². The second-order valence-electron chi connectivity index (χ2n) is 34.4. The molecule has 1 aromatic carbocycles. The third-order valence-electron chi connectivity index (χ3n) is 22.3. The Kier molecular flexibility index (Phi) is 54.0. The highest BCUT2D eigenvalue weighted by molar-refractivity contribution is 5.80. The van der Waals surface area contributed by atoms with Gasteiger partial charge in [-0.15, -0.1) is 0 Å². The van der Waals surface area contributed by atoms with Crippen LogP contribution in [0.4, 0.5) is 5.69 Å². The van der Waals surface area contributed by atoms with Gasteiger partial charge in [0.15, 0.2) is 0 Å². The molecule has 0 radical (unpaired) electrons. The van der Waals surface area contributed by atoms with Crippen LogP contribution in [0.15, 0.2) is 30.3 Å². The normalized spacial score (nSPS) is 21.3. The zero-order valence-corrected chi connectivity index (χ0v) is 73.1. The van der Waals surface area contributed by atoms with Crippen molar-refractivity contribution in [1.82, 2.24) is 67.0 Å². The van der Waals surface area contributed by atoms with Crippen molar-refractivity contribution in [2.45, 2.75) is 295 Å². The molecular formula is C87H166N14O8.